The fourth-order valence-electron chi connectivity index (χ4n) is 4.96. The van der Waals surface area contributed by atoms with Crippen LogP contribution in [-0.2, 0) is 12.8 Å². The van der Waals surface area contributed by atoms with Crippen molar-refractivity contribution in [2.24, 2.45) is 5.41 Å². The van der Waals surface area contributed by atoms with Crippen LogP contribution in [0.25, 0.3) is 21.5 Å². The fraction of sp³-hybridized carbons (Fsp3) is 0.231. The van der Waals surface area contributed by atoms with E-state index in [4.69, 9.17) is 0 Å². The predicted molar refractivity (Wildman–Crippen MR) is 120 cm³/mol. The van der Waals surface area contributed by atoms with Crippen molar-refractivity contribution in [2.75, 3.05) is 0 Å². The third kappa shape index (κ3) is 2.80. The minimum atomic E-state index is 0.230. The quantitative estimate of drug-likeness (QED) is 0.280. The summed E-state index contributed by atoms with van der Waals surface area (Å²) >= 11 is 3.65. The zero-order valence-corrected chi connectivity index (χ0v) is 17.4. The van der Waals surface area contributed by atoms with E-state index in [0.717, 1.165) is 12.8 Å². The van der Waals surface area contributed by atoms with Gasteiger partial charge in [-0.15, -0.1) is 0 Å². The molecular formula is C26H23Br. The molecule has 0 N–H and O–H groups in total. The second-order valence-corrected chi connectivity index (χ2v) is 9.48. The van der Waals surface area contributed by atoms with Crippen LogP contribution in [-0.4, -0.2) is 0 Å². The molecule has 0 aromatic heterocycles. The van der Waals surface area contributed by atoms with E-state index >= 15 is 0 Å². The highest BCUT2D eigenvalue weighted by Gasteiger charge is 2.36. The lowest BCUT2D eigenvalue weighted by atomic mass is 9.63. The summed E-state index contributed by atoms with van der Waals surface area (Å²) < 4.78 is 1.17. The van der Waals surface area contributed by atoms with Crippen LogP contribution in [0, 0.1) is 5.41 Å². The number of hydrogen-bond acceptors (Lipinski definition) is 0. The normalized spacial score (nSPS) is 18.6. The van der Waals surface area contributed by atoms with Crippen LogP contribution in [0.5, 0.6) is 0 Å². The molecule has 4 aromatic rings. The highest BCUT2D eigenvalue weighted by Crippen LogP contribution is 2.47. The van der Waals surface area contributed by atoms with E-state index in [1.165, 1.54) is 37.1 Å². The van der Waals surface area contributed by atoms with Gasteiger partial charge in [0.25, 0.3) is 0 Å². The number of halogens is 1. The van der Waals surface area contributed by atoms with Gasteiger partial charge in [-0.3, -0.25) is 0 Å². The molecule has 1 unspecified atom stereocenters. The molecule has 4 aromatic carbocycles. The molecule has 134 valence electrons. The van der Waals surface area contributed by atoms with Gasteiger partial charge in [-0.2, -0.15) is 0 Å². The van der Waals surface area contributed by atoms with Gasteiger partial charge in [0.1, 0.15) is 0 Å². The third-order valence-corrected chi connectivity index (χ3v) is 6.88. The fourth-order valence-corrected chi connectivity index (χ4v) is 5.38. The highest BCUT2D eigenvalue weighted by atomic mass is 79.9. The monoisotopic (exact) mass is 414 g/mol. The minimum absolute atomic E-state index is 0.230. The van der Waals surface area contributed by atoms with Gasteiger partial charge in [0, 0.05) is 4.47 Å². The van der Waals surface area contributed by atoms with Crippen molar-refractivity contribution in [1.29, 1.82) is 0 Å². The van der Waals surface area contributed by atoms with E-state index in [2.05, 4.69) is 103 Å². The van der Waals surface area contributed by atoms with Crippen molar-refractivity contribution >= 4 is 37.5 Å². The molecule has 1 aliphatic rings. The van der Waals surface area contributed by atoms with Gasteiger partial charge in [0.2, 0.25) is 0 Å². The van der Waals surface area contributed by atoms with Gasteiger partial charge in [-0.25, -0.2) is 0 Å². The standard InChI is InChI=1S/C26H23Br/c1-26(2)16-24-18(15-25(26)19-7-5-8-20(27)14-19)11-13-22-21-9-4-3-6-17(21)10-12-23(22)24/h3-14,25H,15-16H2,1-2H3. The van der Waals surface area contributed by atoms with Crippen LogP contribution in [0.15, 0.2) is 77.3 Å². The molecule has 1 heteroatoms. The molecule has 0 nitrogen and oxygen atoms in total. The SMILES string of the molecule is CC1(C)Cc2c(ccc3c2ccc2ccccc23)CC1c1cccc(Br)c1. The third-order valence-electron chi connectivity index (χ3n) is 6.39. The molecule has 0 saturated carbocycles. The van der Waals surface area contributed by atoms with Gasteiger partial charge in [-0.1, -0.05) is 90.4 Å². The molecule has 0 fully saturated rings. The van der Waals surface area contributed by atoms with Gasteiger partial charge in [0.15, 0.2) is 0 Å². The smallest absolute Gasteiger partial charge is 0.0178 e. The van der Waals surface area contributed by atoms with Gasteiger partial charge < -0.3 is 0 Å². The molecule has 1 atom stereocenters. The minimum Gasteiger partial charge on any atom is -0.0616 e. The number of benzene rings is 4. The first-order chi connectivity index (χ1) is 13.0. The van der Waals surface area contributed by atoms with Gasteiger partial charge >= 0.3 is 0 Å². The predicted octanol–water partition coefficient (Wildman–Crippen LogP) is 7.66. The second-order valence-electron chi connectivity index (χ2n) is 8.56. The van der Waals surface area contributed by atoms with Crippen LogP contribution in [0.2, 0.25) is 0 Å². The van der Waals surface area contributed by atoms with E-state index in [1.54, 1.807) is 5.56 Å². The van der Waals surface area contributed by atoms with Crippen molar-refractivity contribution in [3.05, 3.63) is 94.0 Å². The average molecular weight is 415 g/mol. The van der Waals surface area contributed by atoms with E-state index < -0.39 is 0 Å². The summed E-state index contributed by atoms with van der Waals surface area (Å²) in [6, 6.07) is 26.9. The Morgan fingerprint density at radius 3 is 2.48 bits per heavy atom. The molecule has 0 saturated heterocycles. The lowest BCUT2D eigenvalue weighted by Crippen LogP contribution is -2.31. The summed E-state index contributed by atoms with van der Waals surface area (Å²) in [4.78, 5) is 0. The zero-order valence-electron chi connectivity index (χ0n) is 15.8. The van der Waals surface area contributed by atoms with Crippen molar-refractivity contribution < 1.29 is 0 Å². The molecule has 0 bridgehead atoms. The Morgan fingerprint density at radius 1 is 0.815 bits per heavy atom. The molecule has 0 amide bonds. The molecule has 0 spiro atoms. The average Bonchev–Trinajstić information content (AvgIpc) is 2.66. The van der Waals surface area contributed by atoms with Gasteiger partial charge in [0.05, 0.1) is 0 Å². The molecule has 0 radical (unpaired) electrons. The Bertz CT molecular complexity index is 1170. The number of hydrogen-bond donors (Lipinski definition) is 0. The summed E-state index contributed by atoms with van der Waals surface area (Å²) in [6.45, 7) is 4.86. The van der Waals surface area contributed by atoms with Crippen molar-refractivity contribution in [2.45, 2.75) is 32.6 Å². The summed E-state index contributed by atoms with van der Waals surface area (Å²) in [5, 5.41) is 5.52. The van der Waals surface area contributed by atoms with Crippen molar-refractivity contribution in [1.82, 2.24) is 0 Å². The van der Waals surface area contributed by atoms with Gasteiger partial charge in [-0.05, 0) is 74.5 Å². The Labute approximate surface area is 169 Å². The highest BCUT2D eigenvalue weighted by molar-refractivity contribution is 9.10. The first-order valence-corrected chi connectivity index (χ1v) is 10.5. The summed E-state index contributed by atoms with van der Waals surface area (Å²) in [6.07, 6.45) is 2.23. The van der Waals surface area contributed by atoms with E-state index in [-0.39, 0.29) is 5.41 Å². The maximum absolute atomic E-state index is 3.65. The first-order valence-electron chi connectivity index (χ1n) is 9.71. The largest absolute Gasteiger partial charge is 0.0616 e. The van der Waals surface area contributed by atoms with Crippen molar-refractivity contribution in [3.8, 4) is 0 Å². The van der Waals surface area contributed by atoms with E-state index in [0.29, 0.717) is 5.92 Å². The number of rotatable bonds is 1. The maximum atomic E-state index is 3.65. The zero-order chi connectivity index (χ0) is 18.6. The Hall–Kier alpha value is -2.12. The molecule has 0 heterocycles. The van der Waals surface area contributed by atoms with E-state index in [1.807, 2.05) is 0 Å². The summed E-state index contributed by atoms with van der Waals surface area (Å²) in [7, 11) is 0. The van der Waals surface area contributed by atoms with E-state index in [9.17, 15) is 0 Å². The first kappa shape index (κ1) is 17.0. The molecular weight excluding hydrogens is 392 g/mol. The number of fused-ring (bicyclic) bond motifs is 5. The lowest BCUT2D eigenvalue weighted by Gasteiger charge is -2.41. The molecule has 0 aliphatic heterocycles. The molecule has 1 aliphatic carbocycles. The summed E-state index contributed by atoms with van der Waals surface area (Å²) in [5.41, 5.74) is 4.74. The molecule has 5 rings (SSSR count). The van der Waals surface area contributed by atoms with Crippen molar-refractivity contribution in [3.63, 3.8) is 0 Å². The molecule has 27 heavy (non-hydrogen) atoms. The lowest BCUT2D eigenvalue weighted by molar-refractivity contribution is 0.264. The van der Waals surface area contributed by atoms with Crippen LogP contribution in [0.4, 0.5) is 0 Å². The maximum Gasteiger partial charge on any atom is 0.0178 e. The Morgan fingerprint density at radius 2 is 1.63 bits per heavy atom. The Kier molecular flexibility index (Phi) is 3.91. The topological polar surface area (TPSA) is 0 Å². The van der Waals surface area contributed by atoms with Crippen LogP contribution in [0.1, 0.15) is 36.5 Å². The van der Waals surface area contributed by atoms with Crippen LogP contribution in [0.3, 0.4) is 0 Å². The second kappa shape index (κ2) is 6.21. The Balaban J connectivity index is 1.69. The summed E-state index contributed by atoms with van der Waals surface area (Å²) in [5.74, 6) is 0.542. The van der Waals surface area contributed by atoms with Crippen LogP contribution < -0.4 is 0 Å². The van der Waals surface area contributed by atoms with Crippen LogP contribution >= 0.6 is 15.9 Å².